The summed E-state index contributed by atoms with van der Waals surface area (Å²) in [5.74, 6) is -0.433. The van der Waals surface area contributed by atoms with Crippen LogP contribution < -0.4 is 10.6 Å². The van der Waals surface area contributed by atoms with E-state index in [9.17, 15) is 9.59 Å². The van der Waals surface area contributed by atoms with Crippen LogP contribution in [0.25, 0.3) is 10.9 Å². The molecule has 0 unspecified atom stereocenters. The molecule has 1 aliphatic carbocycles. The van der Waals surface area contributed by atoms with Crippen LogP contribution in [0.15, 0.2) is 36.5 Å². The highest BCUT2D eigenvalue weighted by Crippen LogP contribution is 2.47. The van der Waals surface area contributed by atoms with Crippen LogP contribution in [0.4, 0.5) is 5.69 Å². The van der Waals surface area contributed by atoms with Gasteiger partial charge in [-0.15, -0.1) is 0 Å². The van der Waals surface area contributed by atoms with Gasteiger partial charge in [0.15, 0.2) is 0 Å². The van der Waals surface area contributed by atoms with Gasteiger partial charge in [0.05, 0.1) is 11.2 Å². The van der Waals surface area contributed by atoms with Gasteiger partial charge in [0.1, 0.15) is 5.41 Å². The van der Waals surface area contributed by atoms with Gasteiger partial charge in [0.2, 0.25) is 11.8 Å². The molecule has 114 valence electrons. The summed E-state index contributed by atoms with van der Waals surface area (Å²) in [7, 11) is 0. The summed E-state index contributed by atoms with van der Waals surface area (Å²) >= 11 is 0. The summed E-state index contributed by atoms with van der Waals surface area (Å²) in [6.07, 6.45) is 2.88. The maximum absolute atomic E-state index is 12.6. The molecule has 5 heteroatoms. The lowest BCUT2D eigenvalue weighted by atomic mass is 10.0. The topological polar surface area (TPSA) is 71.1 Å². The number of nitrogens with zero attached hydrogens (tertiary/aromatic N) is 1. The van der Waals surface area contributed by atoms with E-state index in [4.69, 9.17) is 0 Å². The summed E-state index contributed by atoms with van der Waals surface area (Å²) in [5.41, 5.74) is 0.464. The molecule has 2 aromatic rings. The Balaban J connectivity index is 1.83. The Labute approximate surface area is 129 Å². The summed E-state index contributed by atoms with van der Waals surface area (Å²) < 4.78 is 0. The minimum Gasteiger partial charge on any atom is -0.353 e. The van der Waals surface area contributed by atoms with Crippen LogP contribution >= 0.6 is 0 Å². The molecule has 2 N–H and O–H groups in total. The molecule has 0 atom stereocenters. The number of amides is 2. The molecule has 0 spiro atoms. The zero-order valence-electron chi connectivity index (χ0n) is 12.7. The maximum atomic E-state index is 12.6. The Morgan fingerprint density at radius 1 is 1.14 bits per heavy atom. The van der Waals surface area contributed by atoms with Gasteiger partial charge < -0.3 is 10.6 Å². The lowest BCUT2D eigenvalue weighted by molar-refractivity contribution is -0.134. The van der Waals surface area contributed by atoms with Crippen molar-refractivity contribution >= 4 is 28.4 Å². The van der Waals surface area contributed by atoms with E-state index in [0.717, 1.165) is 10.9 Å². The molecule has 2 amide bonds. The van der Waals surface area contributed by atoms with Crippen LogP contribution in [0, 0.1) is 5.41 Å². The number of para-hydroxylation sites is 1. The SMILES string of the molecule is CC(C)NC(=O)C1(C(=O)Nc2cccc3cccnc23)CC1. The second-order valence-electron chi connectivity index (χ2n) is 6.05. The summed E-state index contributed by atoms with van der Waals surface area (Å²) in [6, 6.07) is 9.44. The van der Waals surface area contributed by atoms with Gasteiger partial charge in [0.25, 0.3) is 0 Å². The molecular weight excluding hydrogens is 278 g/mol. The quantitative estimate of drug-likeness (QED) is 0.852. The first-order valence-corrected chi connectivity index (χ1v) is 7.49. The molecule has 1 saturated carbocycles. The third-order valence-corrected chi connectivity index (χ3v) is 3.92. The fourth-order valence-electron chi connectivity index (χ4n) is 2.53. The van der Waals surface area contributed by atoms with Gasteiger partial charge in [-0.25, -0.2) is 0 Å². The molecule has 0 bridgehead atoms. The number of anilines is 1. The van der Waals surface area contributed by atoms with Gasteiger partial charge in [-0.1, -0.05) is 18.2 Å². The van der Waals surface area contributed by atoms with Crippen molar-refractivity contribution in [3.63, 3.8) is 0 Å². The number of carbonyl (C=O) groups is 2. The van der Waals surface area contributed by atoms with Gasteiger partial charge in [-0.2, -0.15) is 0 Å². The monoisotopic (exact) mass is 297 g/mol. The average Bonchev–Trinajstić information content (AvgIpc) is 3.28. The van der Waals surface area contributed by atoms with Crippen LogP contribution in [0.5, 0.6) is 0 Å². The van der Waals surface area contributed by atoms with Gasteiger partial charge in [-0.3, -0.25) is 14.6 Å². The van der Waals surface area contributed by atoms with Crippen molar-refractivity contribution in [2.24, 2.45) is 5.41 Å². The minimum absolute atomic E-state index is 0.0250. The van der Waals surface area contributed by atoms with Crippen LogP contribution in [0.1, 0.15) is 26.7 Å². The Bertz CT molecular complexity index is 730. The molecule has 1 fully saturated rings. The fraction of sp³-hybridized carbons (Fsp3) is 0.353. The Hall–Kier alpha value is -2.43. The van der Waals surface area contributed by atoms with Crippen molar-refractivity contribution < 1.29 is 9.59 Å². The molecule has 0 saturated heterocycles. The lowest BCUT2D eigenvalue weighted by Gasteiger charge is -2.17. The number of hydrogen-bond acceptors (Lipinski definition) is 3. The highest BCUT2D eigenvalue weighted by molar-refractivity contribution is 6.14. The summed E-state index contributed by atoms with van der Waals surface area (Å²) in [4.78, 5) is 29.1. The van der Waals surface area contributed by atoms with Crippen LogP contribution in [-0.2, 0) is 9.59 Å². The molecular formula is C17H19N3O2. The van der Waals surface area contributed by atoms with E-state index in [0.29, 0.717) is 18.5 Å². The van der Waals surface area contributed by atoms with E-state index in [1.54, 1.807) is 6.20 Å². The number of carbonyl (C=O) groups excluding carboxylic acids is 2. The Morgan fingerprint density at radius 3 is 2.55 bits per heavy atom. The van der Waals surface area contributed by atoms with Crippen LogP contribution in [-0.4, -0.2) is 22.8 Å². The fourth-order valence-corrected chi connectivity index (χ4v) is 2.53. The number of hydrogen-bond donors (Lipinski definition) is 2. The molecule has 1 aromatic heterocycles. The van der Waals surface area contributed by atoms with E-state index in [-0.39, 0.29) is 17.9 Å². The van der Waals surface area contributed by atoms with E-state index >= 15 is 0 Å². The first kappa shape index (κ1) is 14.5. The molecule has 22 heavy (non-hydrogen) atoms. The second-order valence-corrected chi connectivity index (χ2v) is 6.05. The van der Waals surface area contributed by atoms with Gasteiger partial charge in [0, 0.05) is 17.6 Å². The number of nitrogens with one attached hydrogen (secondary N) is 2. The smallest absolute Gasteiger partial charge is 0.240 e. The highest BCUT2D eigenvalue weighted by atomic mass is 16.2. The van der Waals surface area contributed by atoms with E-state index < -0.39 is 5.41 Å². The largest absolute Gasteiger partial charge is 0.353 e. The molecule has 0 radical (unpaired) electrons. The van der Waals surface area contributed by atoms with Crippen molar-refractivity contribution in [3.8, 4) is 0 Å². The Kier molecular flexibility index (Phi) is 3.56. The zero-order chi connectivity index (χ0) is 15.7. The van der Waals surface area contributed by atoms with Crippen molar-refractivity contribution in [2.75, 3.05) is 5.32 Å². The van der Waals surface area contributed by atoms with E-state index in [1.807, 2.05) is 44.2 Å². The zero-order valence-corrected chi connectivity index (χ0v) is 12.7. The van der Waals surface area contributed by atoms with Gasteiger partial charge in [-0.05, 0) is 38.8 Å². The highest BCUT2D eigenvalue weighted by Gasteiger charge is 2.56. The summed E-state index contributed by atoms with van der Waals surface area (Å²) in [6.45, 7) is 3.78. The maximum Gasteiger partial charge on any atom is 0.240 e. The molecule has 1 aliphatic rings. The molecule has 1 aromatic carbocycles. The third kappa shape index (κ3) is 2.54. The lowest BCUT2D eigenvalue weighted by Crippen LogP contribution is -2.42. The predicted molar refractivity (Wildman–Crippen MR) is 85.3 cm³/mol. The van der Waals surface area contributed by atoms with Crippen LogP contribution in [0.3, 0.4) is 0 Å². The number of aromatic nitrogens is 1. The minimum atomic E-state index is -0.915. The second kappa shape index (κ2) is 5.40. The Morgan fingerprint density at radius 2 is 1.86 bits per heavy atom. The number of pyridine rings is 1. The van der Waals surface area contributed by atoms with E-state index in [1.165, 1.54) is 0 Å². The van der Waals surface area contributed by atoms with Crippen molar-refractivity contribution in [2.45, 2.75) is 32.7 Å². The third-order valence-electron chi connectivity index (χ3n) is 3.92. The van der Waals surface area contributed by atoms with Crippen LogP contribution in [0.2, 0.25) is 0 Å². The predicted octanol–water partition coefficient (Wildman–Crippen LogP) is 2.48. The van der Waals surface area contributed by atoms with Crippen molar-refractivity contribution in [3.05, 3.63) is 36.5 Å². The molecule has 1 heterocycles. The average molecular weight is 297 g/mol. The summed E-state index contributed by atoms with van der Waals surface area (Å²) in [5, 5.41) is 6.67. The standard InChI is InChI=1S/C17H19N3O2/c1-11(2)19-15(21)17(8-9-17)16(22)20-13-7-3-5-12-6-4-10-18-14(12)13/h3-7,10-11H,8-9H2,1-2H3,(H,19,21)(H,20,22). The number of rotatable bonds is 4. The molecule has 0 aliphatic heterocycles. The van der Waals surface area contributed by atoms with Crippen molar-refractivity contribution in [1.29, 1.82) is 0 Å². The van der Waals surface area contributed by atoms with E-state index in [2.05, 4.69) is 15.6 Å². The number of fused-ring (bicyclic) bond motifs is 1. The number of benzene rings is 1. The van der Waals surface area contributed by atoms with Crippen molar-refractivity contribution in [1.82, 2.24) is 10.3 Å². The first-order chi connectivity index (χ1) is 10.5. The van der Waals surface area contributed by atoms with Gasteiger partial charge >= 0.3 is 0 Å². The molecule has 3 rings (SSSR count). The normalized spacial score (nSPS) is 15.6. The molecule has 5 nitrogen and oxygen atoms in total. The first-order valence-electron chi connectivity index (χ1n) is 7.49.